The van der Waals surface area contributed by atoms with Gasteiger partial charge in [-0.05, 0) is 18.2 Å². The van der Waals surface area contributed by atoms with E-state index in [1.165, 1.54) is 24.8 Å². The minimum atomic E-state index is -1.21. The van der Waals surface area contributed by atoms with Crippen LogP contribution in [-0.4, -0.2) is 16.9 Å². The Balaban J connectivity index is 2.18. The maximum absolute atomic E-state index is 11.0. The normalized spacial score (nSPS) is 10.1. The lowest BCUT2D eigenvalue weighted by molar-refractivity contribution is -0.255. The number of pyridine rings is 1. The van der Waals surface area contributed by atoms with Crippen LogP contribution in [0.15, 0.2) is 52.4 Å². The number of aromatic nitrogens is 1. The summed E-state index contributed by atoms with van der Waals surface area (Å²) in [5, 5.41) is 13.6. The lowest BCUT2D eigenvalue weighted by Gasteiger charge is -2.09. The van der Waals surface area contributed by atoms with Gasteiger partial charge in [0.1, 0.15) is 5.82 Å². The van der Waals surface area contributed by atoms with Gasteiger partial charge in [-0.3, -0.25) is 4.79 Å². The Morgan fingerprint density at radius 2 is 1.95 bits per heavy atom. The third-order valence-electron chi connectivity index (χ3n) is 2.38. The van der Waals surface area contributed by atoms with E-state index in [2.05, 4.69) is 10.3 Å². The van der Waals surface area contributed by atoms with Crippen molar-refractivity contribution < 1.29 is 14.7 Å². The lowest BCUT2D eigenvalue weighted by atomic mass is 10.2. The molecule has 2 aromatic rings. The van der Waals surface area contributed by atoms with Crippen molar-refractivity contribution in [3.8, 4) is 0 Å². The number of hydrogen-bond acceptors (Lipinski definition) is 5. The number of nitrogens with zero attached hydrogens (tertiary/aromatic N) is 1. The van der Waals surface area contributed by atoms with Gasteiger partial charge in [-0.1, -0.05) is 30.0 Å². The average molecular weight is 287 g/mol. The fourth-order valence-electron chi connectivity index (χ4n) is 1.55. The maximum atomic E-state index is 11.0. The molecule has 0 fully saturated rings. The molecule has 1 N–H and O–H groups in total. The summed E-state index contributed by atoms with van der Waals surface area (Å²) in [6, 6.07) is 10.0. The number of hydrogen-bond donors (Lipinski definition) is 1. The quantitative estimate of drug-likeness (QED) is 0.922. The van der Waals surface area contributed by atoms with E-state index < -0.39 is 5.97 Å². The van der Waals surface area contributed by atoms with Crippen LogP contribution in [-0.2, 0) is 4.79 Å². The average Bonchev–Trinajstić information content (AvgIpc) is 2.41. The molecule has 0 bridgehead atoms. The third-order valence-corrected chi connectivity index (χ3v) is 3.43. The van der Waals surface area contributed by atoms with Crippen molar-refractivity contribution in [3.63, 3.8) is 0 Å². The second-order valence-electron chi connectivity index (χ2n) is 3.95. The number of rotatable bonds is 4. The Labute approximate surface area is 120 Å². The van der Waals surface area contributed by atoms with E-state index in [9.17, 15) is 14.7 Å². The molecule has 0 aliphatic rings. The molecule has 1 aromatic heterocycles. The monoisotopic (exact) mass is 287 g/mol. The second-order valence-corrected chi connectivity index (χ2v) is 5.06. The Morgan fingerprint density at radius 3 is 2.55 bits per heavy atom. The summed E-state index contributed by atoms with van der Waals surface area (Å²) >= 11 is 1.27. The molecule has 1 amide bonds. The highest BCUT2D eigenvalue weighted by Gasteiger charge is 2.05. The highest BCUT2D eigenvalue weighted by atomic mass is 32.2. The first-order chi connectivity index (χ1) is 9.56. The number of nitrogens with one attached hydrogen (secondary N) is 1. The van der Waals surface area contributed by atoms with E-state index in [0.29, 0.717) is 10.7 Å². The predicted molar refractivity (Wildman–Crippen MR) is 73.4 cm³/mol. The molecular formula is C14H11N2O3S-. The molecule has 5 nitrogen and oxygen atoms in total. The van der Waals surface area contributed by atoms with Gasteiger partial charge in [-0.2, -0.15) is 0 Å². The molecule has 0 radical (unpaired) electrons. The molecule has 102 valence electrons. The molecule has 0 spiro atoms. The summed E-state index contributed by atoms with van der Waals surface area (Å²) in [6.45, 7) is 1.40. The number of carboxylic acid groups (broad SMARTS) is 1. The third kappa shape index (κ3) is 3.58. The van der Waals surface area contributed by atoms with Gasteiger partial charge >= 0.3 is 0 Å². The number of benzene rings is 1. The van der Waals surface area contributed by atoms with Crippen molar-refractivity contribution in [2.45, 2.75) is 16.7 Å². The van der Waals surface area contributed by atoms with Gasteiger partial charge in [0, 0.05) is 28.5 Å². The van der Waals surface area contributed by atoms with Crippen LogP contribution in [0.25, 0.3) is 0 Å². The largest absolute Gasteiger partial charge is 0.545 e. The van der Waals surface area contributed by atoms with Gasteiger partial charge in [-0.25, -0.2) is 4.98 Å². The highest BCUT2D eigenvalue weighted by Crippen LogP contribution is 2.30. The van der Waals surface area contributed by atoms with Gasteiger partial charge < -0.3 is 15.2 Å². The van der Waals surface area contributed by atoms with E-state index in [1.54, 1.807) is 36.5 Å². The van der Waals surface area contributed by atoms with Crippen LogP contribution in [0.1, 0.15) is 17.3 Å². The van der Waals surface area contributed by atoms with Crippen LogP contribution >= 0.6 is 11.8 Å². The molecule has 0 aliphatic carbocycles. The van der Waals surface area contributed by atoms with E-state index >= 15 is 0 Å². The van der Waals surface area contributed by atoms with Crippen LogP contribution in [0.3, 0.4) is 0 Å². The van der Waals surface area contributed by atoms with Crippen molar-refractivity contribution in [2.24, 2.45) is 0 Å². The highest BCUT2D eigenvalue weighted by molar-refractivity contribution is 7.99. The second kappa shape index (κ2) is 6.21. The van der Waals surface area contributed by atoms with E-state index in [4.69, 9.17) is 0 Å². The molecule has 2 rings (SSSR count). The van der Waals surface area contributed by atoms with Crippen LogP contribution < -0.4 is 10.4 Å². The van der Waals surface area contributed by atoms with Gasteiger partial charge in [-0.15, -0.1) is 0 Å². The number of anilines is 1. The van der Waals surface area contributed by atoms with Crippen molar-refractivity contribution >= 4 is 29.5 Å². The zero-order valence-electron chi connectivity index (χ0n) is 10.6. The van der Waals surface area contributed by atoms with Crippen molar-refractivity contribution in [1.29, 1.82) is 0 Å². The zero-order chi connectivity index (χ0) is 14.5. The Hall–Kier alpha value is -2.34. The summed E-state index contributed by atoms with van der Waals surface area (Å²) < 4.78 is 0. The fourth-order valence-corrected chi connectivity index (χ4v) is 2.45. The Kier molecular flexibility index (Phi) is 4.37. The molecule has 1 heterocycles. The van der Waals surface area contributed by atoms with Crippen molar-refractivity contribution in [2.75, 3.05) is 5.32 Å². The lowest BCUT2D eigenvalue weighted by Crippen LogP contribution is -2.22. The molecule has 0 aliphatic heterocycles. The van der Waals surface area contributed by atoms with Gasteiger partial charge in [0.25, 0.3) is 0 Å². The summed E-state index contributed by atoms with van der Waals surface area (Å²) in [6.07, 6.45) is 1.57. The first-order valence-corrected chi connectivity index (χ1v) is 6.60. The van der Waals surface area contributed by atoms with Crippen LogP contribution in [0.4, 0.5) is 5.82 Å². The number of amides is 1. The SMILES string of the molecule is CC(=O)Nc1ccc(Sc2ccccc2C(=O)[O-])cn1. The molecule has 1 aromatic carbocycles. The fraction of sp³-hybridized carbons (Fsp3) is 0.0714. The number of carboxylic acids is 1. The molecule has 20 heavy (non-hydrogen) atoms. The first kappa shape index (κ1) is 14.1. The van der Waals surface area contributed by atoms with Gasteiger partial charge in [0.05, 0.1) is 5.97 Å². The van der Waals surface area contributed by atoms with Crippen LogP contribution in [0, 0.1) is 0 Å². The van der Waals surface area contributed by atoms with Crippen molar-refractivity contribution in [3.05, 3.63) is 48.2 Å². The Bertz CT molecular complexity index is 641. The minimum absolute atomic E-state index is 0.142. The summed E-state index contributed by atoms with van der Waals surface area (Å²) in [4.78, 5) is 27.3. The zero-order valence-corrected chi connectivity index (χ0v) is 11.4. The van der Waals surface area contributed by atoms with E-state index in [0.717, 1.165) is 4.90 Å². The standard InChI is InChI=1S/C14H12N2O3S/c1-9(17)16-13-7-6-10(8-15-13)20-12-5-3-2-4-11(12)14(18)19/h2-8H,1H3,(H,18,19)(H,15,16,17)/p-1. The topological polar surface area (TPSA) is 82.1 Å². The van der Waals surface area contributed by atoms with Gasteiger partial charge in [0.15, 0.2) is 0 Å². The van der Waals surface area contributed by atoms with Gasteiger partial charge in [0.2, 0.25) is 5.91 Å². The molecular weight excluding hydrogens is 276 g/mol. The summed E-state index contributed by atoms with van der Waals surface area (Å²) in [5.74, 6) is -0.953. The molecule has 0 saturated carbocycles. The first-order valence-electron chi connectivity index (χ1n) is 5.78. The van der Waals surface area contributed by atoms with Crippen LogP contribution in [0.2, 0.25) is 0 Å². The number of aromatic carboxylic acids is 1. The summed E-state index contributed by atoms with van der Waals surface area (Å²) in [7, 11) is 0. The maximum Gasteiger partial charge on any atom is 0.222 e. The smallest absolute Gasteiger partial charge is 0.222 e. The van der Waals surface area contributed by atoms with E-state index in [1.807, 2.05) is 0 Å². The van der Waals surface area contributed by atoms with E-state index in [-0.39, 0.29) is 11.5 Å². The number of carbonyl (C=O) groups excluding carboxylic acids is 2. The van der Waals surface area contributed by atoms with Crippen LogP contribution in [0.5, 0.6) is 0 Å². The molecule has 0 atom stereocenters. The Morgan fingerprint density at radius 1 is 1.20 bits per heavy atom. The minimum Gasteiger partial charge on any atom is -0.545 e. The predicted octanol–water partition coefficient (Wildman–Crippen LogP) is 1.55. The molecule has 0 unspecified atom stereocenters. The van der Waals surface area contributed by atoms with Crippen molar-refractivity contribution in [1.82, 2.24) is 4.98 Å². The summed E-state index contributed by atoms with van der Waals surface area (Å²) in [5.41, 5.74) is 0.142. The molecule has 0 saturated heterocycles. The number of carbonyl (C=O) groups is 2. The molecule has 6 heteroatoms.